The van der Waals surface area contributed by atoms with Crippen LogP contribution in [0.3, 0.4) is 0 Å². The molecule has 0 spiro atoms. The minimum absolute atomic E-state index is 0. The molecule has 0 radical (unpaired) electrons. The summed E-state index contributed by atoms with van der Waals surface area (Å²) >= 11 is 0. The fraction of sp³-hybridized carbons (Fsp3) is 0.333. The lowest BCUT2D eigenvalue weighted by molar-refractivity contribution is -0.00000762. The Labute approximate surface area is 150 Å². The van der Waals surface area contributed by atoms with Gasteiger partial charge in [-0.05, 0) is 31.7 Å². The average molecular weight is 366 g/mol. The normalized spacial score (nSPS) is 19.7. The van der Waals surface area contributed by atoms with Crippen LogP contribution in [0.1, 0.15) is 17.2 Å². The number of nitrogens with zero attached hydrogens (tertiary/aromatic N) is 2. The van der Waals surface area contributed by atoms with Gasteiger partial charge >= 0.3 is 0 Å². The molecule has 1 atom stereocenters. The summed E-state index contributed by atoms with van der Waals surface area (Å²) < 4.78 is 27.8. The van der Waals surface area contributed by atoms with E-state index in [1.165, 1.54) is 0 Å². The lowest BCUT2D eigenvalue weighted by Gasteiger charge is -2.39. The number of likely N-dealkylation sites (N-methyl/N-ethyl adjacent to an activating group) is 1. The molecular weight excluding hydrogens is 344 g/mol. The van der Waals surface area contributed by atoms with E-state index < -0.39 is 10.0 Å². The van der Waals surface area contributed by atoms with Gasteiger partial charge < -0.3 is 17.3 Å². The van der Waals surface area contributed by atoms with Gasteiger partial charge in [0, 0.05) is 19.6 Å². The minimum Gasteiger partial charge on any atom is -1.00 e. The zero-order valence-electron chi connectivity index (χ0n) is 13.9. The number of rotatable bonds is 3. The summed E-state index contributed by atoms with van der Waals surface area (Å²) in [4.78, 5) is 2.55. The van der Waals surface area contributed by atoms with Gasteiger partial charge in [-0.15, -0.1) is 0 Å². The highest BCUT2D eigenvalue weighted by Gasteiger charge is 2.35. The standard InChI is InChI=1S/C18H22N2O2S.ClH/c1-15-8-10-17(11-9-15)23(21,22)20-13-12-19(2)14-18(20)16-6-4-3-5-7-16;/h3-11,18H,12-14H2,1-2H3;1H/p-1. The van der Waals surface area contributed by atoms with Gasteiger partial charge in [0.1, 0.15) is 0 Å². The number of hydrogen-bond acceptors (Lipinski definition) is 3. The number of hydrogen-bond donors (Lipinski definition) is 0. The van der Waals surface area contributed by atoms with Gasteiger partial charge in [-0.3, -0.25) is 0 Å². The molecule has 1 fully saturated rings. The van der Waals surface area contributed by atoms with Crippen molar-refractivity contribution in [3.05, 3.63) is 65.7 Å². The molecule has 0 saturated carbocycles. The van der Waals surface area contributed by atoms with Crippen LogP contribution in [-0.4, -0.2) is 44.3 Å². The van der Waals surface area contributed by atoms with Gasteiger partial charge in [0.15, 0.2) is 0 Å². The molecule has 1 aliphatic heterocycles. The zero-order valence-corrected chi connectivity index (χ0v) is 15.5. The lowest BCUT2D eigenvalue weighted by atomic mass is 10.1. The molecule has 130 valence electrons. The van der Waals surface area contributed by atoms with Crippen molar-refractivity contribution in [3.8, 4) is 0 Å². The Balaban J connectivity index is 0.00000208. The summed E-state index contributed by atoms with van der Waals surface area (Å²) in [5, 5.41) is 0. The van der Waals surface area contributed by atoms with Gasteiger partial charge in [-0.1, -0.05) is 48.0 Å². The quantitative estimate of drug-likeness (QED) is 0.748. The molecule has 24 heavy (non-hydrogen) atoms. The van der Waals surface area contributed by atoms with Crippen LogP contribution in [0.15, 0.2) is 59.5 Å². The monoisotopic (exact) mass is 365 g/mol. The molecule has 0 amide bonds. The topological polar surface area (TPSA) is 40.6 Å². The highest BCUT2D eigenvalue weighted by molar-refractivity contribution is 7.89. The zero-order chi connectivity index (χ0) is 16.4. The third kappa shape index (κ3) is 3.81. The number of aryl methyl sites for hydroxylation is 1. The molecule has 4 nitrogen and oxygen atoms in total. The maximum atomic E-state index is 13.1. The first kappa shape index (κ1) is 18.9. The Bertz CT molecular complexity index is 763. The maximum Gasteiger partial charge on any atom is 0.243 e. The third-order valence-electron chi connectivity index (χ3n) is 4.35. The first-order valence-corrected chi connectivity index (χ1v) is 9.24. The van der Waals surface area contributed by atoms with Gasteiger partial charge in [0.2, 0.25) is 10.0 Å². The van der Waals surface area contributed by atoms with Gasteiger partial charge in [-0.25, -0.2) is 8.42 Å². The Morgan fingerprint density at radius 1 is 0.958 bits per heavy atom. The summed E-state index contributed by atoms with van der Waals surface area (Å²) in [6, 6.07) is 16.8. The third-order valence-corrected chi connectivity index (χ3v) is 6.27. The molecule has 1 heterocycles. The Kier molecular flexibility index (Phi) is 6.04. The molecule has 1 aliphatic rings. The number of piperazine rings is 1. The SMILES string of the molecule is Cc1ccc(S(=O)(=O)N2CCN(C)CC2c2ccccc2)cc1.[Cl-]. The number of halogens is 1. The Morgan fingerprint density at radius 3 is 2.21 bits per heavy atom. The fourth-order valence-electron chi connectivity index (χ4n) is 2.98. The second kappa shape index (κ2) is 7.66. The molecular formula is C18H22ClN2O2S-. The van der Waals surface area contributed by atoms with Crippen molar-refractivity contribution in [1.82, 2.24) is 9.21 Å². The van der Waals surface area contributed by atoms with Crippen molar-refractivity contribution in [2.45, 2.75) is 17.9 Å². The average Bonchev–Trinajstić information content (AvgIpc) is 2.56. The Hall–Kier alpha value is -1.40. The van der Waals surface area contributed by atoms with Crippen LogP contribution in [0.25, 0.3) is 0 Å². The second-order valence-electron chi connectivity index (χ2n) is 6.12. The van der Waals surface area contributed by atoms with Gasteiger partial charge in [0.25, 0.3) is 0 Å². The van der Waals surface area contributed by atoms with E-state index in [-0.39, 0.29) is 18.4 Å². The van der Waals surface area contributed by atoms with E-state index in [1.807, 2.05) is 56.4 Å². The molecule has 1 saturated heterocycles. The number of benzene rings is 2. The van der Waals surface area contributed by atoms with Crippen LogP contribution < -0.4 is 12.4 Å². The molecule has 0 bridgehead atoms. The minimum atomic E-state index is -3.49. The number of sulfonamides is 1. The van der Waals surface area contributed by atoms with Crippen molar-refractivity contribution in [2.75, 3.05) is 26.7 Å². The van der Waals surface area contributed by atoms with Crippen LogP contribution in [0.5, 0.6) is 0 Å². The van der Waals surface area contributed by atoms with E-state index in [9.17, 15) is 8.42 Å². The molecule has 2 aromatic rings. The Morgan fingerprint density at radius 2 is 1.58 bits per heavy atom. The maximum absolute atomic E-state index is 13.1. The highest BCUT2D eigenvalue weighted by atomic mass is 35.5. The van der Waals surface area contributed by atoms with Crippen molar-refractivity contribution in [3.63, 3.8) is 0 Å². The van der Waals surface area contributed by atoms with E-state index in [0.717, 1.165) is 17.7 Å². The largest absolute Gasteiger partial charge is 1.00 e. The first-order valence-electron chi connectivity index (χ1n) is 7.80. The van der Waals surface area contributed by atoms with E-state index in [1.54, 1.807) is 16.4 Å². The second-order valence-corrected chi connectivity index (χ2v) is 8.01. The van der Waals surface area contributed by atoms with E-state index in [4.69, 9.17) is 0 Å². The van der Waals surface area contributed by atoms with Crippen molar-refractivity contribution in [1.29, 1.82) is 0 Å². The van der Waals surface area contributed by atoms with E-state index >= 15 is 0 Å². The molecule has 0 N–H and O–H groups in total. The van der Waals surface area contributed by atoms with Crippen molar-refractivity contribution >= 4 is 10.0 Å². The highest BCUT2D eigenvalue weighted by Crippen LogP contribution is 2.30. The van der Waals surface area contributed by atoms with E-state index in [2.05, 4.69) is 4.90 Å². The smallest absolute Gasteiger partial charge is 0.243 e. The fourth-order valence-corrected chi connectivity index (χ4v) is 4.58. The lowest BCUT2D eigenvalue weighted by Crippen LogP contribution is -3.00. The van der Waals surface area contributed by atoms with Crippen LogP contribution >= 0.6 is 0 Å². The predicted octanol–water partition coefficient (Wildman–Crippen LogP) is -0.324. The van der Waals surface area contributed by atoms with Crippen LogP contribution in [0.4, 0.5) is 0 Å². The summed E-state index contributed by atoms with van der Waals surface area (Å²) in [5.41, 5.74) is 2.09. The van der Waals surface area contributed by atoms with Gasteiger partial charge in [0.05, 0.1) is 10.9 Å². The van der Waals surface area contributed by atoms with Crippen LogP contribution in [0, 0.1) is 6.92 Å². The van der Waals surface area contributed by atoms with Crippen LogP contribution in [-0.2, 0) is 10.0 Å². The summed E-state index contributed by atoms with van der Waals surface area (Å²) in [7, 11) is -1.46. The summed E-state index contributed by atoms with van der Waals surface area (Å²) in [6.07, 6.45) is 0. The first-order chi connectivity index (χ1) is 11.0. The summed E-state index contributed by atoms with van der Waals surface area (Å²) in [5.74, 6) is 0. The molecule has 3 rings (SSSR count). The molecule has 2 aromatic carbocycles. The predicted molar refractivity (Wildman–Crippen MR) is 91.8 cm³/mol. The van der Waals surface area contributed by atoms with Crippen molar-refractivity contribution < 1.29 is 20.8 Å². The van der Waals surface area contributed by atoms with Gasteiger partial charge in [-0.2, -0.15) is 4.31 Å². The van der Waals surface area contributed by atoms with Crippen molar-refractivity contribution in [2.24, 2.45) is 0 Å². The van der Waals surface area contributed by atoms with E-state index in [0.29, 0.717) is 18.0 Å². The molecule has 0 aromatic heterocycles. The molecule has 1 unspecified atom stereocenters. The van der Waals surface area contributed by atoms with Crippen LogP contribution in [0.2, 0.25) is 0 Å². The molecule has 0 aliphatic carbocycles. The summed E-state index contributed by atoms with van der Waals surface area (Å²) in [6.45, 7) is 3.91. The molecule has 6 heteroatoms.